The topological polar surface area (TPSA) is 43.8 Å². The van der Waals surface area contributed by atoms with Crippen molar-refractivity contribution < 1.29 is 0 Å². The van der Waals surface area contributed by atoms with Crippen molar-refractivity contribution >= 4 is 0 Å². The fraction of sp³-hybridized carbons (Fsp3) is 0.500. The van der Waals surface area contributed by atoms with E-state index >= 15 is 0 Å². The molecule has 0 amide bonds. The first-order valence-electron chi connectivity index (χ1n) is 7.93. The van der Waals surface area contributed by atoms with Crippen LogP contribution in [-0.4, -0.2) is 15.8 Å². The van der Waals surface area contributed by atoms with Crippen molar-refractivity contribution in [3.8, 4) is 0 Å². The van der Waals surface area contributed by atoms with Crippen molar-refractivity contribution in [3.63, 3.8) is 0 Å². The first kappa shape index (κ1) is 14.3. The molecule has 1 aromatic heterocycles. The number of hydrogen-bond acceptors (Lipinski definition) is 2. The van der Waals surface area contributed by atoms with E-state index in [0.717, 1.165) is 18.5 Å². The van der Waals surface area contributed by atoms with E-state index in [2.05, 4.69) is 48.4 Å². The molecule has 0 spiro atoms. The predicted molar refractivity (Wildman–Crippen MR) is 86.1 cm³/mol. The van der Waals surface area contributed by atoms with Gasteiger partial charge in [0, 0.05) is 18.8 Å². The van der Waals surface area contributed by atoms with Crippen molar-refractivity contribution in [2.24, 2.45) is 18.7 Å². The Morgan fingerprint density at radius 1 is 1.24 bits per heavy atom. The smallest absolute Gasteiger partial charge is 0.0596 e. The van der Waals surface area contributed by atoms with Gasteiger partial charge in [0.05, 0.1) is 5.69 Å². The third-order valence-electron chi connectivity index (χ3n) is 4.88. The third kappa shape index (κ3) is 3.18. The SMILES string of the molecule is Cc1cc(CC2CC(c3ccccc3)CCC2N)n(C)n1. The Kier molecular flexibility index (Phi) is 4.11. The summed E-state index contributed by atoms with van der Waals surface area (Å²) in [4.78, 5) is 0. The van der Waals surface area contributed by atoms with E-state index in [0.29, 0.717) is 17.9 Å². The van der Waals surface area contributed by atoms with E-state index in [1.807, 2.05) is 11.7 Å². The molecule has 21 heavy (non-hydrogen) atoms. The molecule has 0 aliphatic heterocycles. The number of nitrogens with zero attached hydrogens (tertiary/aromatic N) is 2. The highest BCUT2D eigenvalue weighted by atomic mass is 15.3. The van der Waals surface area contributed by atoms with Crippen LogP contribution in [0.2, 0.25) is 0 Å². The van der Waals surface area contributed by atoms with E-state index in [1.54, 1.807) is 0 Å². The van der Waals surface area contributed by atoms with Crippen molar-refractivity contribution in [3.05, 3.63) is 53.3 Å². The van der Waals surface area contributed by atoms with Gasteiger partial charge in [-0.05, 0) is 56.1 Å². The van der Waals surface area contributed by atoms with Gasteiger partial charge >= 0.3 is 0 Å². The van der Waals surface area contributed by atoms with Gasteiger partial charge in [0.1, 0.15) is 0 Å². The number of aryl methyl sites for hydroxylation is 2. The second-order valence-electron chi connectivity index (χ2n) is 6.45. The molecule has 1 aliphatic carbocycles. The van der Waals surface area contributed by atoms with Crippen molar-refractivity contribution in [2.45, 2.75) is 44.6 Å². The van der Waals surface area contributed by atoms with E-state index < -0.39 is 0 Å². The Balaban J connectivity index is 1.73. The fourth-order valence-corrected chi connectivity index (χ4v) is 3.67. The number of rotatable bonds is 3. The van der Waals surface area contributed by atoms with E-state index in [4.69, 9.17) is 5.73 Å². The Labute approximate surface area is 127 Å². The summed E-state index contributed by atoms with van der Waals surface area (Å²) in [5, 5.41) is 4.45. The van der Waals surface area contributed by atoms with Crippen molar-refractivity contribution in [2.75, 3.05) is 0 Å². The summed E-state index contributed by atoms with van der Waals surface area (Å²) < 4.78 is 2.01. The van der Waals surface area contributed by atoms with Gasteiger partial charge in [0.15, 0.2) is 0 Å². The Morgan fingerprint density at radius 3 is 2.67 bits per heavy atom. The molecular formula is C18H25N3. The molecule has 3 nitrogen and oxygen atoms in total. The zero-order valence-electron chi connectivity index (χ0n) is 13.0. The van der Waals surface area contributed by atoms with Crippen LogP contribution in [0.4, 0.5) is 0 Å². The molecule has 3 heteroatoms. The molecule has 0 bridgehead atoms. The summed E-state index contributed by atoms with van der Waals surface area (Å²) in [6.07, 6.45) is 4.57. The molecule has 0 radical (unpaired) electrons. The van der Waals surface area contributed by atoms with Gasteiger partial charge < -0.3 is 5.73 Å². The zero-order valence-corrected chi connectivity index (χ0v) is 13.0. The molecule has 1 aromatic carbocycles. The van der Waals surface area contributed by atoms with Gasteiger partial charge in [-0.25, -0.2) is 0 Å². The summed E-state index contributed by atoms with van der Waals surface area (Å²) in [6, 6.07) is 13.4. The highest BCUT2D eigenvalue weighted by Gasteiger charge is 2.29. The lowest BCUT2D eigenvalue weighted by molar-refractivity contribution is 0.273. The summed E-state index contributed by atoms with van der Waals surface area (Å²) in [6.45, 7) is 2.05. The maximum atomic E-state index is 6.39. The zero-order chi connectivity index (χ0) is 14.8. The predicted octanol–water partition coefficient (Wildman–Crippen LogP) is 3.18. The summed E-state index contributed by atoms with van der Waals surface area (Å²) in [5.74, 6) is 1.21. The van der Waals surface area contributed by atoms with Crippen LogP contribution in [0, 0.1) is 12.8 Å². The minimum absolute atomic E-state index is 0.320. The van der Waals surface area contributed by atoms with Crippen molar-refractivity contribution in [1.29, 1.82) is 0 Å². The molecular weight excluding hydrogens is 258 g/mol. The van der Waals surface area contributed by atoms with Crippen molar-refractivity contribution in [1.82, 2.24) is 9.78 Å². The molecule has 2 N–H and O–H groups in total. The van der Waals surface area contributed by atoms with Crippen LogP contribution in [0.3, 0.4) is 0 Å². The quantitative estimate of drug-likeness (QED) is 0.940. The standard InChI is InChI=1S/C18H25N3/c1-13-10-17(21(2)20-13)12-16-11-15(8-9-18(16)19)14-6-4-3-5-7-14/h3-7,10,15-16,18H,8-9,11-12,19H2,1-2H3. The number of nitrogens with two attached hydrogens (primary N) is 1. The largest absolute Gasteiger partial charge is 0.327 e. The molecule has 1 aliphatic rings. The number of hydrogen-bond donors (Lipinski definition) is 1. The van der Waals surface area contributed by atoms with Gasteiger partial charge in [0.2, 0.25) is 0 Å². The molecule has 3 rings (SSSR count). The lowest BCUT2D eigenvalue weighted by Gasteiger charge is -2.34. The normalized spacial score (nSPS) is 26.0. The minimum Gasteiger partial charge on any atom is -0.327 e. The second-order valence-corrected chi connectivity index (χ2v) is 6.45. The Morgan fingerprint density at radius 2 is 2.00 bits per heavy atom. The van der Waals surface area contributed by atoms with Gasteiger partial charge in [-0.1, -0.05) is 30.3 Å². The van der Waals surface area contributed by atoms with Crippen LogP contribution in [0.15, 0.2) is 36.4 Å². The van der Waals surface area contributed by atoms with Crippen LogP contribution >= 0.6 is 0 Å². The Bertz CT molecular complexity index is 588. The van der Waals surface area contributed by atoms with Gasteiger partial charge in [-0.2, -0.15) is 5.10 Å². The molecule has 112 valence electrons. The first-order valence-corrected chi connectivity index (χ1v) is 7.93. The monoisotopic (exact) mass is 283 g/mol. The fourth-order valence-electron chi connectivity index (χ4n) is 3.67. The third-order valence-corrected chi connectivity index (χ3v) is 4.88. The number of aromatic nitrogens is 2. The molecule has 1 fully saturated rings. The molecule has 2 aromatic rings. The summed E-state index contributed by atoms with van der Waals surface area (Å²) in [7, 11) is 2.03. The number of benzene rings is 1. The lowest BCUT2D eigenvalue weighted by Crippen LogP contribution is -2.37. The minimum atomic E-state index is 0.320. The van der Waals surface area contributed by atoms with Gasteiger partial charge in [0.25, 0.3) is 0 Å². The van der Waals surface area contributed by atoms with E-state index in [9.17, 15) is 0 Å². The highest BCUT2D eigenvalue weighted by molar-refractivity contribution is 5.21. The summed E-state index contributed by atoms with van der Waals surface area (Å²) in [5.41, 5.74) is 10.3. The van der Waals surface area contributed by atoms with Crippen LogP contribution in [-0.2, 0) is 13.5 Å². The average Bonchev–Trinajstić information content (AvgIpc) is 2.80. The molecule has 1 heterocycles. The van der Waals surface area contributed by atoms with Crippen LogP contribution in [0.5, 0.6) is 0 Å². The second kappa shape index (κ2) is 6.02. The molecule has 0 saturated heterocycles. The first-order chi connectivity index (χ1) is 10.1. The molecule has 1 saturated carbocycles. The van der Waals surface area contributed by atoms with E-state index in [1.165, 1.54) is 24.1 Å². The Hall–Kier alpha value is -1.61. The summed E-state index contributed by atoms with van der Waals surface area (Å²) >= 11 is 0. The van der Waals surface area contributed by atoms with Gasteiger partial charge in [-0.3, -0.25) is 4.68 Å². The van der Waals surface area contributed by atoms with Gasteiger partial charge in [-0.15, -0.1) is 0 Å². The van der Waals surface area contributed by atoms with Crippen LogP contribution < -0.4 is 5.73 Å². The highest BCUT2D eigenvalue weighted by Crippen LogP contribution is 2.37. The van der Waals surface area contributed by atoms with E-state index in [-0.39, 0.29) is 0 Å². The average molecular weight is 283 g/mol. The lowest BCUT2D eigenvalue weighted by atomic mass is 9.74. The molecule has 3 atom stereocenters. The van der Waals surface area contributed by atoms with Crippen LogP contribution in [0.25, 0.3) is 0 Å². The van der Waals surface area contributed by atoms with Crippen LogP contribution in [0.1, 0.15) is 42.1 Å². The maximum Gasteiger partial charge on any atom is 0.0596 e. The maximum absolute atomic E-state index is 6.39. The molecule has 3 unspecified atom stereocenters.